The molecule has 5 heteroatoms. The number of amides is 3. The highest BCUT2D eigenvalue weighted by molar-refractivity contribution is 5.93. The molecule has 1 aliphatic heterocycles. The monoisotopic (exact) mass is 379 g/mol. The van der Waals surface area contributed by atoms with Crippen LogP contribution in [0.3, 0.4) is 0 Å². The summed E-state index contributed by atoms with van der Waals surface area (Å²) in [6, 6.07) is 14.0. The second-order valence-corrected chi connectivity index (χ2v) is 7.99. The van der Waals surface area contributed by atoms with Crippen molar-refractivity contribution in [1.82, 2.24) is 9.80 Å². The van der Waals surface area contributed by atoms with E-state index >= 15 is 0 Å². The lowest BCUT2D eigenvalue weighted by molar-refractivity contribution is -0.136. The molecule has 1 saturated carbocycles. The summed E-state index contributed by atoms with van der Waals surface area (Å²) in [5.74, 6) is 0.503. The maximum atomic E-state index is 12.8. The minimum Gasteiger partial charge on any atom is -0.341 e. The topological polar surface area (TPSA) is 52.7 Å². The predicted octanol–water partition coefficient (Wildman–Crippen LogP) is 4.49. The van der Waals surface area contributed by atoms with Gasteiger partial charge >= 0.3 is 6.03 Å². The normalized spacial score (nSPS) is 18.7. The highest BCUT2D eigenvalue weighted by Crippen LogP contribution is 2.26. The maximum absolute atomic E-state index is 12.8. The van der Waals surface area contributed by atoms with Crippen molar-refractivity contribution in [3.8, 4) is 0 Å². The zero-order chi connectivity index (χ0) is 19.3. The Balaban J connectivity index is 1.35. The Morgan fingerprint density at radius 1 is 0.786 bits per heavy atom. The lowest BCUT2D eigenvalue weighted by Crippen LogP contribution is -2.41. The Labute approximate surface area is 166 Å². The number of carbonyl (C=O) groups is 2. The first-order valence-electron chi connectivity index (χ1n) is 10.5. The quantitative estimate of drug-likeness (QED) is 0.836. The van der Waals surface area contributed by atoms with Crippen LogP contribution < -0.4 is 5.32 Å². The number of benzene rings is 2. The van der Waals surface area contributed by atoms with E-state index in [1.807, 2.05) is 46.2 Å². The van der Waals surface area contributed by atoms with Gasteiger partial charge < -0.3 is 15.1 Å². The third-order valence-electron chi connectivity index (χ3n) is 6.05. The zero-order valence-corrected chi connectivity index (χ0v) is 16.4. The molecule has 1 N–H and O–H groups in total. The van der Waals surface area contributed by atoms with Crippen LogP contribution in [0.15, 0.2) is 42.5 Å². The van der Waals surface area contributed by atoms with Crippen LogP contribution in [-0.4, -0.2) is 47.9 Å². The highest BCUT2D eigenvalue weighted by Gasteiger charge is 2.28. The molecular weight excluding hydrogens is 350 g/mol. The van der Waals surface area contributed by atoms with Crippen molar-refractivity contribution in [2.75, 3.05) is 31.5 Å². The van der Waals surface area contributed by atoms with Crippen LogP contribution in [-0.2, 0) is 4.79 Å². The zero-order valence-electron chi connectivity index (χ0n) is 16.4. The fourth-order valence-corrected chi connectivity index (χ4v) is 4.42. The number of rotatable bonds is 2. The number of anilines is 1. The van der Waals surface area contributed by atoms with Crippen molar-refractivity contribution < 1.29 is 9.59 Å². The van der Waals surface area contributed by atoms with Crippen molar-refractivity contribution in [3.63, 3.8) is 0 Å². The van der Waals surface area contributed by atoms with Gasteiger partial charge in [0.05, 0.1) is 0 Å². The third-order valence-corrected chi connectivity index (χ3v) is 6.05. The number of hydrogen-bond donors (Lipinski definition) is 1. The minimum absolute atomic E-state index is 0.0813. The number of fused-ring (bicyclic) bond motifs is 1. The third kappa shape index (κ3) is 4.29. The fraction of sp³-hybridized carbons (Fsp3) is 0.478. The summed E-state index contributed by atoms with van der Waals surface area (Å²) in [5, 5.41) is 5.29. The van der Waals surface area contributed by atoms with Gasteiger partial charge in [0.2, 0.25) is 5.91 Å². The lowest BCUT2D eigenvalue weighted by Gasteiger charge is -2.28. The standard InChI is InChI=1S/C23H29N3O2/c27-22(19-8-2-1-3-9-19)25-13-6-14-26(16-15-25)23(28)24-21-12-11-18-7-4-5-10-20(18)17-21/h4-5,7,10-12,17,19H,1-3,6,8-9,13-16H2,(H,24,28). The smallest absolute Gasteiger partial charge is 0.321 e. The van der Waals surface area contributed by atoms with Gasteiger partial charge in [0, 0.05) is 37.8 Å². The molecule has 4 rings (SSSR count). The first-order valence-corrected chi connectivity index (χ1v) is 10.5. The van der Waals surface area contributed by atoms with Crippen LogP contribution in [0.1, 0.15) is 38.5 Å². The Bertz CT molecular complexity index is 845. The fourth-order valence-electron chi connectivity index (χ4n) is 4.42. The molecule has 2 aliphatic rings. The molecule has 1 heterocycles. The second-order valence-electron chi connectivity index (χ2n) is 7.99. The molecular formula is C23H29N3O2. The molecule has 0 atom stereocenters. The molecule has 0 aromatic heterocycles. The first kappa shape index (κ1) is 18.8. The van der Waals surface area contributed by atoms with E-state index < -0.39 is 0 Å². The van der Waals surface area contributed by atoms with Crippen molar-refractivity contribution in [3.05, 3.63) is 42.5 Å². The summed E-state index contributed by atoms with van der Waals surface area (Å²) >= 11 is 0. The summed E-state index contributed by atoms with van der Waals surface area (Å²) in [4.78, 5) is 29.4. The number of hydrogen-bond acceptors (Lipinski definition) is 2. The first-order chi connectivity index (χ1) is 13.7. The number of carbonyl (C=O) groups excluding carboxylic acids is 2. The molecule has 0 radical (unpaired) electrons. The number of nitrogens with zero attached hydrogens (tertiary/aromatic N) is 2. The van der Waals surface area contributed by atoms with Gasteiger partial charge in [-0.2, -0.15) is 0 Å². The van der Waals surface area contributed by atoms with Gasteiger partial charge in [-0.15, -0.1) is 0 Å². The van der Waals surface area contributed by atoms with E-state index in [0.717, 1.165) is 42.3 Å². The predicted molar refractivity (Wildman–Crippen MR) is 112 cm³/mol. The van der Waals surface area contributed by atoms with Crippen molar-refractivity contribution >= 4 is 28.4 Å². The van der Waals surface area contributed by atoms with E-state index in [9.17, 15) is 9.59 Å². The van der Waals surface area contributed by atoms with Crippen molar-refractivity contribution in [1.29, 1.82) is 0 Å². The van der Waals surface area contributed by atoms with Crippen LogP contribution in [0.25, 0.3) is 10.8 Å². The largest absolute Gasteiger partial charge is 0.341 e. The average Bonchev–Trinajstić information content (AvgIpc) is 3.00. The van der Waals surface area contributed by atoms with Gasteiger partial charge in [-0.1, -0.05) is 49.6 Å². The van der Waals surface area contributed by atoms with Gasteiger partial charge in [-0.05, 0) is 42.2 Å². The molecule has 0 bridgehead atoms. The SMILES string of the molecule is O=C(Nc1ccc2ccccc2c1)N1CCCN(C(=O)C2CCCCC2)CC1. The maximum Gasteiger partial charge on any atom is 0.321 e. The highest BCUT2D eigenvalue weighted by atomic mass is 16.2. The number of urea groups is 1. The van der Waals surface area contributed by atoms with E-state index in [4.69, 9.17) is 0 Å². The summed E-state index contributed by atoms with van der Waals surface area (Å²) in [5.41, 5.74) is 0.808. The average molecular weight is 380 g/mol. The van der Waals surface area contributed by atoms with Gasteiger partial charge in [-0.3, -0.25) is 4.79 Å². The summed E-state index contributed by atoms with van der Waals surface area (Å²) in [6.07, 6.45) is 6.49. The van der Waals surface area contributed by atoms with E-state index in [1.54, 1.807) is 0 Å². The van der Waals surface area contributed by atoms with Gasteiger partial charge in [0.1, 0.15) is 0 Å². The van der Waals surface area contributed by atoms with E-state index in [-0.39, 0.29) is 11.9 Å². The van der Waals surface area contributed by atoms with Crippen molar-refractivity contribution in [2.24, 2.45) is 5.92 Å². The second kappa shape index (κ2) is 8.63. The van der Waals surface area contributed by atoms with Gasteiger partial charge in [0.15, 0.2) is 0 Å². The van der Waals surface area contributed by atoms with Crippen LogP contribution in [0, 0.1) is 5.92 Å². The van der Waals surface area contributed by atoms with E-state index in [1.165, 1.54) is 19.3 Å². The van der Waals surface area contributed by atoms with Gasteiger partial charge in [-0.25, -0.2) is 4.79 Å². The molecule has 148 valence electrons. The summed E-state index contributed by atoms with van der Waals surface area (Å²) in [6.45, 7) is 2.68. The molecule has 2 aromatic carbocycles. The molecule has 2 aromatic rings. The van der Waals surface area contributed by atoms with Crippen LogP contribution >= 0.6 is 0 Å². The molecule has 0 unspecified atom stereocenters. The number of nitrogens with one attached hydrogen (secondary N) is 1. The summed E-state index contributed by atoms with van der Waals surface area (Å²) < 4.78 is 0. The Kier molecular flexibility index (Phi) is 5.79. The molecule has 2 fully saturated rings. The van der Waals surface area contributed by atoms with Crippen LogP contribution in [0.2, 0.25) is 0 Å². The summed E-state index contributed by atoms with van der Waals surface area (Å²) in [7, 11) is 0. The lowest BCUT2D eigenvalue weighted by atomic mass is 9.88. The minimum atomic E-state index is -0.0813. The Morgan fingerprint density at radius 2 is 1.50 bits per heavy atom. The van der Waals surface area contributed by atoms with Crippen LogP contribution in [0.4, 0.5) is 10.5 Å². The van der Waals surface area contributed by atoms with E-state index in [2.05, 4.69) is 11.4 Å². The molecule has 1 aliphatic carbocycles. The molecule has 3 amide bonds. The molecule has 28 heavy (non-hydrogen) atoms. The molecule has 5 nitrogen and oxygen atoms in total. The van der Waals surface area contributed by atoms with Crippen molar-refractivity contribution in [2.45, 2.75) is 38.5 Å². The van der Waals surface area contributed by atoms with E-state index in [0.29, 0.717) is 25.5 Å². The molecule has 0 spiro atoms. The van der Waals surface area contributed by atoms with Crippen LogP contribution in [0.5, 0.6) is 0 Å². The van der Waals surface area contributed by atoms with Gasteiger partial charge in [0.25, 0.3) is 0 Å². The molecule has 1 saturated heterocycles. The Morgan fingerprint density at radius 3 is 2.32 bits per heavy atom. The Hall–Kier alpha value is -2.56.